The Morgan fingerprint density at radius 2 is 1.81 bits per heavy atom. The smallest absolute Gasteiger partial charge is 0.261 e. The molecule has 2 N–H and O–H groups in total. The molecule has 0 fully saturated rings. The molecule has 106 valence electrons. The maximum atomic E-state index is 11.9. The Balaban J connectivity index is 1.80. The number of nitrogens with zero attached hydrogens (tertiary/aromatic N) is 1. The number of hydrogen-bond acceptors (Lipinski definition) is 4. The van der Waals surface area contributed by atoms with Gasteiger partial charge in [0.15, 0.2) is 0 Å². The fourth-order valence-corrected chi connectivity index (χ4v) is 2.34. The number of phenols is 1. The van der Waals surface area contributed by atoms with Crippen LogP contribution >= 0.6 is 0 Å². The molecule has 0 atom stereocenters. The van der Waals surface area contributed by atoms with Crippen molar-refractivity contribution in [1.82, 2.24) is 4.90 Å². The summed E-state index contributed by atoms with van der Waals surface area (Å²) in [6.07, 6.45) is 0. The Morgan fingerprint density at radius 3 is 2.57 bits per heavy atom. The van der Waals surface area contributed by atoms with Crippen molar-refractivity contribution in [3.8, 4) is 5.75 Å². The number of nitrogens with one attached hydrogen (secondary N) is 1. The molecule has 21 heavy (non-hydrogen) atoms. The molecular formula is C16H14N2O3. The van der Waals surface area contributed by atoms with Crippen molar-refractivity contribution in [2.45, 2.75) is 6.54 Å². The van der Waals surface area contributed by atoms with E-state index in [4.69, 9.17) is 0 Å². The summed E-state index contributed by atoms with van der Waals surface area (Å²) in [6.45, 7) is 0.519. The molecule has 0 aliphatic carbocycles. The van der Waals surface area contributed by atoms with Gasteiger partial charge in [0.05, 0.1) is 11.1 Å². The first-order chi connectivity index (χ1) is 10.1. The number of carbonyl (C=O) groups is 2. The van der Waals surface area contributed by atoms with Gasteiger partial charge in [-0.15, -0.1) is 0 Å². The molecule has 0 bridgehead atoms. The third-order valence-electron chi connectivity index (χ3n) is 3.50. The predicted molar refractivity (Wildman–Crippen MR) is 78.3 cm³/mol. The number of fused-ring (bicyclic) bond motifs is 1. The van der Waals surface area contributed by atoms with Crippen LogP contribution in [0.4, 0.5) is 5.69 Å². The lowest BCUT2D eigenvalue weighted by Gasteiger charge is -2.07. The van der Waals surface area contributed by atoms with Gasteiger partial charge in [-0.25, -0.2) is 0 Å². The number of hydrogen-bond donors (Lipinski definition) is 2. The number of aromatic hydroxyl groups is 1. The van der Waals surface area contributed by atoms with Gasteiger partial charge < -0.3 is 10.4 Å². The molecule has 2 amide bonds. The molecule has 3 rings (SSSR count). The highest BCUT2D eigenvalue weighted by Gasteiger charge is 2.32. The van der Waals surface area contributed by atoms with E-state index in [1.165, 1.54) is 7.05 Å². The molecule has 0 radical (unpaired) electrons. The topological polar surface area (TPSA) is 69.6 Å². The van der Waals surface area contributed by atoms with Crippen molar-refractivity contribution < 1.29 is 14.7 Å². The van der Waals surface area contributed by atoms with Crippen LogP contribution in [0.2, 0.25) is 0 Å². The molecule has 0 saturated carbocycles. The minimum Gasteiger partial charge on any atom is -0.508 e. The highest BCUT2D eigenvalue weighted by molar-refractivity contribution is 6.21. The third-order valence-corrected chi connectivity index (χ3v) is 3.50. The summed E-state index contributed by atoms with van der Waals surface area (Å²) in [7, 11) is 1.48. The monoisotopic (exact) mass is 282 g/mol. The summed E-state index contributed by atoms with van der Waals surface area (Å²) >= 11 is 0. The normalized spacial score (nSPS) is 13.5. The van der Waals surface area contributed by atoms with Crippen LogP contribution in [-0.4, -0.2) is 28.9 Å². The van der Waals surface area contributed by atoms with Gasteiger partial charge in [0, 0.05) is 19.3 Å². The molecule has 5 nitrogen and oxygen atoms in total. The second-order valence-electron chi connectivity index (χ2n) is 4.95. The molecule has 2 aromatic carbocycles. The Labute approximate surface area is 121 Å². The Bertz CT molecular complexity index is 740. The molecular weight excluding hydrogens is 268 g/mol. The van der Waals surface area contributed by atoms with Crippen LogP contribution in [0.1, 0.15) is 26.3 Å². The van der Waals surface area contributed by atoms with E-state index in [9.17, 15) is 14.7 Å². The van der Waals surface area contributed by atoms with Crippen LogP contribution in [0.25, 0.3) is 0 Å². The summed E-state index contributed by atoms with van der Waals surface area (Å²) < 4.78 is 0. The summed E-state index contributed by atoms with van der Waals surface area (Å²) in [5.74, 6) is -0.337. The molecule has 5 heteroatoms. The maximum absolute atomic E-state index is 11.9. The van der Waals surface area contributed by atoms with E-state index in [0.29, 0.717) is 17.7 Å². The van der Waals surface area contributed by atoms with Crippen molar-refractivity contribution in [2.24, 2.45) is 0 Å². The third kappa shape index (κ3) is 2.33. The zero-order chi connectivity index (χ0) is 15.0. The molecule has 0 unspecified atom stereocenters. The summed E-state index contributed by atoms with van der Waals surface area (Å²) in [5.41, 5.74) is 2.54. The highest BCUT2D eigenvalue weighted by atomic mass is 16.3. The average Bonchev–Trinajstić information content (AvgIpc) is 2.70. The molecule has 1 aliphatic rings. The van der Waals surface area contributed by atoms with Crippen molar-refractivity contribution in [1.29, 1.82) is 0 Å². The fourth-order valence-electron chi connectivity index (χ4n) is 2.34. The summed E-state index contributed by atoms with van der Waals surface area (Å²) in [4.78, 5) is 24.8. The van der Waals surface area contributed by atoms with Gasteiger partial charge in [0.1, 0.15) is 5.75 Å². The van der Waals surface area contributed by atoms with Crippen LogP contribution in [0, 0.1) is 0 Å². The number of phenolic OH excluding ortho intramolecular Hbond substituents is 1. The quantitative estimate of drug-likeness (QED) is 0.847. The van der Waals surface area contributed by atoms with Gasteiger partial charge in [-0.05, 0) is 35.9 Å². The van der Waals surface area contributed by atoms with E-state index in [1.807, 2.05) is 6.07 Å². The number of carbonyl (C=O) groups excluding carboxylic acids is 2. The van der Waals surface area contributed by atoms with Crippen molar-refractivity contribution in [2.75, 3.05) is 12.4 Å². The molecule has 0 aromatic heterocycles. The van der Waals surface area contributed by atoms with Gasteiger partial charge in [-0.1, -0.05) is 12.1 Å². The lowest BCUT2D eigenvalue weighted by atomic mass is 10.1. The van der Waals surface area contributed by atoms with E-state index in [2.05, 4.69) is 5.32 Å². The lowest BCUT2D eigenvalue weighted by molar-refractivity contribution is 0.0693. The lowest BCUT2D eigenvalue weighted by Crippen LogP contribution is -2.24. The van der Waals surface area contributed by atoms with Gasteiger partial charge in [-0.3, -0.25) is 14.5 Å². The largest absolute Gasteiger partial charge is 0.508 e. The Hall–Kier alpha value is -2.82. The molecule has 1 aliphatic heterocycles. The molecule has 1 heterocycles. The van der Waals surface area contributed by atoms with E-state index in [1.54, 1.807) is 36.4 Å². The van der Waals surface area contributed by atoms with Crippen molar-refractivity contribution in [3.05, 3.63) is 59.2 Å². The van der Waals surface area contributed by atoms with Gasteiger partial charge >= 0.3 is 0 Å². The van der Waals surface area contributed by atoms with Gasteiger partial charge in [-0.2, -0.15) is 0 Å². The first kappa shape index (κ1) is 13.2. The summed E-state index contributed by atoms with van der Waals surface area (Å²) in [6, 6.07) is 12.0. The van der Waals surface area contributed by atoms with Crippen LogP contribution in [0.15, 0.2) is 42.5 Å². The number of rotatable bonds is 3. The minimum atomic E-state index is -0.281. The van der Waals surface area contributed by atoms with Crippen LogP contribution in [0.5, 0.6) is 5.75 Å². The SMILES string of the molecule is CN1C(=O)c2ccc(NCc3cccc(O)c3)cc2C1=O. The number of anilines is 1. The number of imide groups is 1. The van der Waals surface area contributed by atoms with E-state index in [0.717, 1.165) is 16.2 Å². The molecule has 0 spiro atoms. The highest BCUT2D eigenvalue weighted by Crippen LogP contribution is 2.25. The van der Waals surface area contributed by atoms with Crippen molar-refractivity contribution >= 4 is 17.5 Å². The number of amides is 2. The second-order valence-corrected chi connectivity index (χ2v) is 4.95. The first-order valence-corrected chi connectivity index (χ1v) is 6.54. The predicted octanol–water partition coefficient (Wildman–Crippen LogP) is 2.23. The molecule has 0 saturated heterocycles. The zero-order valence-corrected chi connectivity index (χ0v) is 11.5. The average molecular weight is 282 g/mol. The van der Waals surface area contributed by atoms with Crippen LogP contribution in [-0.2, 0) is 6.54 Å². The van der Waals surface area contributed by atoms with E-state index in [-0.39, 0.29) is 17.6 Å². The van der Waals surface area contributed by atoms with E-state index >= 15 is 0 Å². The summed E-state index contributed by atoms with van der Waals surface area (Å²) in [5, 5.41) is 12.6. The Morgan fingerprint density at radius 1 is 1.05 bits per heavy atom. The standard InChI is InChI=1S/C16H14N2O3/c1-18-15(20)13-6-5-11(8-14(13)16(18)21)17-9-10-3-2-4-12(19)7-10/h2-8,17,19H,9H2,1H3. The minimum absolute atomic E-state index is 0.214. The van der Waals surface area contributed by atoms with Crippen LogP contribution < -0.4 is 5.32 Å². The molecule has 2 aromatic rings. The Kier molecular flexibility index (Phi) is 3.10. The van der Waals surface area contributed by atoms with Gasteiger partial charge in [0.25, 0.3) is 11.8 Å². The first-order valence-electron chi connectivity index (χ1n) is 6.54. The van der Waals surface area contributed by atoms with Gasteiger partial charge in [0.2, 0.25) is 0 Å². The van der Waals surface area contributed by atoms with E-state index < -0.39 is 0 Å². The maximum Gasteiger partial charge on any atom is 0.261 e. The zero-order valence-electron chi connectivity index (χ0n) is 11.5. The second kappa shape index (κ2) is 4.94. The number of benzene rings is 2. The fraction of sp³-hybridized carbons (Fsp3) is 0.125. The van der Waals surface area contributed by atoms with Crippen LogP contribution in [0.3, 0.4) is 0 Å². The van der Waals surface area contributed by atoms with Crippen molar-refractivity contribution in [3.63, 3.8) is 0 Å².